The third kappa shape index (κ3) is 4.12. The van der Waals surface area contributed by atoms with Gasteiger partial charge in [-0.05, 0) is 25.0 Å². The molecule has 4 rings (SSSR count). The molecule has 3 aromatic heterocycles. The maximum absolute atomic E-state index is 12.4. The van der Waals surface area contributed by atoms with Crippen molar-refractivity contribution in [1.29, 1.82) is 0 Å². The molecule has 1 amide bonds. The number of amides is 1. The van der Waals surface area contributed by atoms with E-state index in [0.717, 1.165) is 5.39 Å². The maximum atomic E-state index is 12.4. The van der Waals surface area contributed by atoms with Crippen molar-refractivity contribution in [2.75, 3.05) is 18.0 Å². The van der Waals surface area contributed by atoms with Gasteiger partial charge in [0.1, 0.15) is 24.1 Å². The highest BCUT2D eigenvalue weighted by molar-refractivity contribution is 6.31. The summed E-state index contributed by atoms with van der Waals surface area (Å²) in [5.74, 6) is 0.214. The Morgan fingerprint density at radius 3 is 3.00 bits per heavy atom. The van der Waals surface area contributed by atoms with Crippen LogP contribution in [0.2, 0.25) is 5.02 Å². The summed E-state index contributed by atoms with van der Waals surface area (Å²) < 4.78 is 37.3. The Kier molecular flexibility index (Phi) is 5.03. The van der Waals surface area contributed by atoms with E-state index in [-0.39, 0.29) is 0 Å². The van der Waals surface area contributed by atoms with Crippen molar-refractivity contribution in [2.24, 2.45) is 0 Å². The van der Waals surface area contributed by atoms with Gasteiger partial charge in [-0.2, -0.15) is 13.2 Å². The van der Waals surface area contributed by atoms with E-state index in [0.29, 0.717) is 47.3 Å². The Labute approximate surface area is 168 Å². The molecule has 1 fully saturated rings. The zero-order valence-electron chi connectivity index (χ0n) is 15.0. The molecule has 0 aliphatic carbocycles. The number of fused-ring (bicyclic) bond motifs is 1. The molecule has 3 aromatic rings. The van der Waals surface area contributed by atoms with Crippen molar-refractivity contribution in [3.8, 4) is 11.4 Å². The number of aromatic amines is 1. The summed E-state index contributed by atoms with van der Waals surface area (Å²) in [4.78, 5) is 30.0. The van der Waals surface area contributed by atoms with Gasteiger partial charge in [0, 0.05) is 36.1 Å². The molecular weight excluding hydrogens is 409 g/mol. The van der Waals surface area contributed by atoms with E-state index in [4.69, 9.17) is 11.6 Å². The van der Waals surface area contributed by atoms with Gasteiger partial charge < -0.3 is 15.2 Å². The number of rotatable bonds is 4. The Balaban J connectivity index is 1.61. The molecule has 0 aromatic carbocycles. The van der Waals surface area contributed by atoms with Gasteiger partial charge in [-0.1, -0.05) is 11.6 Å². The average molecular weight is 425 g/mol. The predicted molar refractivity (Wildman–Crippen MR) is 102 cm³/mol. The molecule has 11 heteroatoms. The van der Waals surface area contributed by atoms with Crippen LogP contribution >= 0.6 is 11.6 Å². The van der Waals surface area contributed by atoms with Crippen molar-refractivity contribution in [1.82, 2.24) is 25.3 Å². The lowest BCUT2D eigenvalue weighted by molar-refractivity contribution is -0.139. The van der Waals surface area contributed by atoms with Crippen LogP contribution in [0.4, 0.5) is 19.0 Å². The van der Waals surface area contributed by atoms with Crippen molar-refractivity contribution >= 4 is 34.4 Å². The van der Waals surface area contributed by atoms with Crippen LogP contribution in [0.3, 0.4) is 0 Å². The number of halogens is 4. The van der Waals surface area contributed by atoms with Gasteiger partial charge in [-0.15, -0.1) is 0 Å². The van der Waals surface area contributed by atoms with Gasteiger partial charge in [-0.25, -0.2) is 15.0 Å². The summed E-state index contributed by atoms with van der Waals surface area (Å²) in [5.41, 5.74) is 1.32. The monoisotopic (exact) mass is 424 g/mol. The molecule has 0 unspecified atom stereocenters. The minimum Gasteiger partial charge on any atom is -0.345 e. The molecule has 1 aliphatic heterocycles. The van der Waals surface area contributed by atoms with Gasteiger partial charge in [0.2, 0.25) is 5.91 Å². The van der Waals surface area contributed by atoms with Crippen LogP contribution in [0.15, 0.2) is 30.7 Å². The van der Waals surface area contributed by atoms with Gasteiger partial charge in [0.15, 0.2) is 5.82 Å². The third-order valence-corrected chi connectivity index (χ3v) is 4.90. The quantitative estimate of drug-likeness (QED) is 0.671. The van der Waals surface area contributed by atoms with E-state index in [1.54, 1.807) is 29.4 Å². The highest BCUT2D eigenvalue weighted by Crippen LogP contribution is 2.30. The second-order valence-electron chi connectivity index (χ2n) is 6.67. The zero-order chi connectivity index (χ0) is 20.6. The number of anilines is 1. The lowest BCUT2D eigenvalue weighted by atomic mass is 10.2. The van der Waals surface area contributed by atoms with E-state index in [2.05, 4.69) is 19.9 Å². The molecule has 0 bridgehead atoms. The number of carbonyl (C=O) groups excluding carboxylic acids is 1. The topological polar surface area (TPSA) is 86.8 Å². The number of H-pyrrole nitrogens is 1. The van der Waals surface area contributed by atoms with Crippen molar-refractivity contribution in [3.63, 3.8) is 0 Å². The van der Waals surface area contributed by atoms with E-state index >= 15 is 0 Å². The smallest absolute Gasteiger partial charge is 0.345 e. The van der Waals surface area contributed by atoms with Crippen LogP contribution < -0.4 is 10.2 Å². The number of hydrogen-bond acceptors (Lipinski definition) is 5. The van der Waals surface area contributed by atoms with Crippen molar-refractivity contribution in [2.45, 2.75) is 25.1 Å². The lowest BCUT2D eigenvalue weighted by Gasteiger charge is -2.25. The van der Waals surface area contributed by atoms with Crippen LogP contribution in [0.25, 0.3) is 22.4 Å². The van der Waals surface area contributed by atoms with Gasteiger partial charge in [0.05, 0.1) is 5.02 Å². The second kappa shape index (κ2) is 7.51. The summed E-state index contributed by atoms with van der Waals surface area (Å²) in [6, 6.07) is 2.67. The largest absolute Gasteiger partial charge is 0.405 e. The van der Waals surface area contributed by atoms with Crippen LogP contribution in [-0.2, 0) is 4.79 Å². The summed E-state index contributed by atoms with van der Waals surface area (Å²) in [6.07, 6.45) is 1.47. The van der Waals surface area contributed by atoms with Crippen LogP contribution in [0.1, 0.15) is 12.8 Å². The lowest BCUT2D eigenvalue weighted by Crippen LogP contribution is -2.46. The molecule has 0 radical (unpaired) electrons. The summed E-state index contributed by atoms with van der Waals surface area (Å²) in [7, 11) is 0. The van der Waals surface area contributed by atoms with Crippen molar-refractivity contribution in [3.05, 3.63) is 35.7 Å². The van der Waals surface area contributed by atoms with Gasteiger partial charge in [-0.3, -0.25) is 4.79 Å². The molecule has 4 heterocycles. The number of carbonyl (C=O) groups is 1. The molecule has 1 atom stereocenters. The molecule has 0 saturated carbocycles. The van der Waals surface area contributed by atoms with Crippen molar-refractivity contribution < 1.29 is 18.0 Å². The molecule has 1 aliphatic rings. The summed E-state index contributed by atoms with van der Waals surface area (Å²) >= 11 is 6.04. The minimum absolute atomic E-state index is 0.402. The summed E-state index contributed by atoms with van der Waals surface area (Å²) in [5, 5.41) is 3.17. The fourth-order valence-electron chi connectivity index (χ4n) is 3.42. The Morgan fingerprint density at radius 1 is 1.38 bits per heavy atom. The van der Waals surface area contributed by atoms with Crippen LogP contribution in [0.5, 0.6) is 0 Å². The summed E-state index contributed by atoms with van der Waals surface area (Å²) in [6.45, 7) is -0.837. The number of nitrogens with one attached hydrogen (secondary N) is 2. The average Bonchev–Trinajstić information content (AvgIpc) is 3.32. The van der Waals surface area contributed by atoms with E-state index in [1.165, 1.54) is 6.20 Å². The first-order valence-electron chi connectivity index (χ1n) is 8.89. The van der Waals surface area contributed by atoms with Gasteiger partial charge >= 0.3 is 6.18 Å². The first-order chi connectivity index (χ1) is 13.8. The van der Waals surface area contributed by atoms with E-state index in [9.17, 15) is 18.0 Å². The second-order valence-corrected chi connectivity index (χ2v) is 7.11. The Morgan fingerprint density at radius 2 is 2.21 bits per heavy atom. The molecule has 29 heavy (non-hydrogen) atoms. The highest BCUT2D eigenvalue weighted by atomic mass is 35.5. The Bertz CT molecular complexity index is 1050. The first kappa shape index (κ1) is 19.4. The standard InChI is InChI=1S/C18H16ClF3N6O/c19-10-6-11-12(8-25-15(11)24-7-10)16-23-4-3-14(27-16)28-5-1-2-13(28)17(29)26-9-18(20,21)22/h3-4,6-8,13H,1-2,5,9H2,(H,24,25)(H,26,29)/t13-/m0/s1. The van der Waals surface area contributed by atoms with Gasteiger partial charge in [0.25, 0.3) is 0 Å². The SMILES string of the molecule is O=C(NCC(F)(F)F)[C@@H]1CCCN1c1ccnc(-c2c[nH]c3ncc(Cl)cc23)n1. The zero-order valence-corrected chi connectivity index (χ0v) is 15.8. The molecule has 1 saturated heterocycles. The molecule has 152 valence electrons. The fourth-order valence-corrected chi connectivity index (χ4v) is 3.58. The maximum Gasteiger partial charge on any atom is 0.405 e. The van der Waals surface area contributed by atoms with E-state index in [1.807, 2.05) is 5.32 Å². The molecule has 0 spiro atoms. The Hall–Kier alpha value is -2.88. The molecule has 7 nitrogen and oxygen atoms in total. The fraction of sp³-hybridized carbons (Fsp3) is 0.333. The number of nitrogens with zero attached hydrogens (tertiary/aromatic N) is 4. The number of pyridine rings is 1. The normalized spacial score (nSPS) is 17.1. The number of hydrogen-bond donors (Lipinski definition) is 2. The predicted octanol–water partition coefficient (Wildman–Crippen LogP) is 3.32. The third-order valence-electron chi connectivity index (χ3n) is 4.69. The van der Waals surface area contributed by atoms with E-state index < -0.39 is 24.7 Å². The molecule has 2 N–H and O–H groups in total. The van der Waals surface area contributed by atoms with Crippen LogP contribution in [0, 0.1) is 0 Å². The number of aromatic nitrogens is 4. The highest BCUT2D eigenvalue weighted by Gasteiger charge is 2.35. The molecular formula is C18H16ClF3N6O. The van der Waals surface area contributed by atoms with Crippen LogP contribution in [-0.4, -0.2) is 51.2 Å². The minimum atomic E-state index is -4.45. The number of alkyl halides is 3. The first-order valence-corrected chi connectivity index (χ1v) is 9.27.